The molecule has 0 N–H and O–H groups in total. The minimum atomic E-state index is 1.04. The van der Waals surface area contributed by atoms with Crippen LogP contribution in [0.25, 0.3) is 0 Å². The van der Waals surface area contributed by atoms with E-state index in [1.807, 2.05) is 0 Å². The molecular weight excluding hydrogens is 156 g/mol. The molecule has 2 rings (SSSR count). The highest BCUT2D eigenvalue weighted by atomic mass is 14.3. The summed E-state index contributed by atoms with van der Waals surface area (Å²) in [4.78, 5) is 0. The second-order valence-electron chi connectivity index (χ2n) is 5.30. The van der Waals surface area contributed by atoms with Gasteiger partial charge in [-0.2, -0.15) is 0 Å². The summed E-state index contributed by atoms with van der Waals surface area (Å²) < 4.78 is 0. The van der Waals surface area contributed by atoms with E-state index in [4.69, 9.17) is 0 Å². The van der Waals surface area contributed by atoms with Crippen molar-refractivity contribution in [2.24, 2.45) is 17.8 Å². The maximum atomic E-state index is 2.53. The van der Waals surface area contributed by atoms with Crippen LogP contribution in [0.15, 0.2) is 0 Å². The fourth-order valence-corrected chi connectivity index (χ4v) is 3.53. The molecule has 2 aliphatic rings. The third kappa shape index (κ3) is 2.27. The minimum Gasteiger partial charge on any atom is -0.0620 e. The van der Waals surface area contributed by atoms with Gasteiger partial charge in [-0.15, -0.1) is 0 Å². The molecule has 2 fully saturated rings. The van der Waals surface area contributed by atoms with Crippen LogP contribution in [0.1, 0.15) is 64.7 Å². The van der Waals surface area contributed by atoms with E-state index in [1.54, 1.807) is 0 Å². The van der Waals surface area contributed by atoms with Crippen LogP contribution in [0.3, 0.4) is 0 Å². The van der Waals surface area contributed by atoms with E-state index < -0.39 is 0 Å². The Balaban J connectivity index is 2.03. The first-order chi connectivity index (χ1) is 6.38. The van der Waals surface area contributed by atoms with E-state index in [0.29, 0.717) is 0 Å². The van der Waals surface area contributed by atoms with Crippen molar-refractivity contribution in [2.45, 2.75) is 64.7 Å². The van der Waals surface area contributed by atoms with E-state index in [0.717, 1.165) is 17.8 Å². The Morgan fingerprint density at radius 2 is 1.00 bits per heavy atom. The van der Waals surface area contributed by atoms with Crippen molar-refractivity contribution in [1.82, 2.24) is 0 Å². The number of hydrogen-bond acceptors (Lipinski definition) is 0. The summed E-state index contributed by atoms with van der Waals surface area (Å²) in [5, 5.41) is 0. The van der Waals surface area contributed by atoms with Gasteiger partial charge in [0.15, 0.2) is 0 Å². The van der Waals surface area contributed by atoms with Crippen molar-refractivity contribution in [1.29, 1.82) is 0 Å². The molecule has 2 bridgehead atoms. The second-order valence-corrected chi connectivity index (χ2v) is 5.30. The Morgan fingerprint density at radius 1 is 0.615 bits per heavy atom. The topological polar surface area (TPSA) is 0 Å². The van der Waals surface area contributed by atoms with E-state index >= 15 is 0 Å². The largest absolute Gasteiger partial charge is 0.0620 e. The van der Waals surface area contributed by atoms with Gasteiger partial charge in [-0.3, -0.25) is 0 Å². The van der Waals surface area contributed by atoms with Crippen LogP contribution in [0.5, 0.6) is 0 Å². The standard InChI is InChI=1S/C13H24/c1-11-12-7-3-2-4-8-13(11)10-6-5-9-12/h11-13H,2-10H2,1H3. The molecule has 2 saturated carbocycles. The maximum absolute atomic E-state index is 2.53. The zero-order chi connectivity index (χ0) is 9.10. The molecule has 0 heterocycles. The van der Waals surface area contributed by atoms with Gasteiger partial charge in [-0.05, 0) is 17.8 Å². The molecule has 0 saturated heterocycles. The first kappa shape index (κ1) is 9.55. The lowest BCUT2D eigenvalue weighted by Crippen LogP contribution is -2.20. The highest BCUT2D eigenvalue weighted by Crippen LogP contribution is 2.40. The smallest absolute Gasteiger partial charge is 0.0386 e. The molecule has 0 aromatic heterocycles. The Labute approximate surface area is 83.1 Å². The van der Waals surface area contributed by atoms with Gasteiger partial charge in [0.2, 0.25) is 0 Å². The van der Waals surface area contributed by atoms with E-state index in [-0.39, 0.29) is 0 Å². The summed E-state index contributed by atoms with van der Waals surface area (Å²) >= 11 is 0. The van der Waals surface area contributed by atoms with Crippen molar-refractivity contribution < 1.29 is 0 Å². The van der Waals surface area contributed by atoms with Gasteiger partial charge in [0.25, 0.3) is 0 Å². The lowest BCUT2D eigenvalue weighted by Gasteiger charge is -2.30. The van der Waals surface area contributed by atoms with E-state index in [9.17, 15) is 0 Å². The van der Waals surface area contributed by atoms with Gasteiger partial charge in [-0.1, -0.05) is 64.7 Å². The normalized spacial score (nSPS) is 41.8. The molecule has 2 atom stereocenters. The predicted octanol–water partition coefficient (Wildman–Crippen LogP) is 4.39. The Morgan fingerprint density at radius 3 is 1.46 bits per heavy atom. The molecule has 2 unspecified atom stereocenters. The first-order valence-electron chi connectivity index (χ1n) is 6.38. The zero-order valence-corrected chi connectivity index (χ0v) is 9.10. The van der Waals surface area contributed by atoms with Gasteiger partial charge < -0.3 is 0 Å². The van der Waals surface area contributed by atoms with Crippen molar-refractivity contribution in [3.8, 4) is 0 Å². The highest BCUT2D eigenvalue weighted by Gasteiger charge is 2.28. The third-order valence-electron chi connectivity index (χ3n) is 4.54. The minimum absolute atomic E-state index is 1.04. The molecular formula is C13H24. The summed E-state index contributed by atoms with van der Waals surface area (Å²) in [6.07, 6.45) is 13.7. The predicted molar refractivity (Wildman–Crippen MR) is 57.7 cm³/mol. The van der Waals surface area contributed by atoms with Crippen molar-refractivity contribution in [3.05, 3.63) is 0 Å². The van der Waals surface area contributed by atoms with Gasteiger partial charge in [0.1, 0.15) is 0 Å². The van der Waals surface area contributed by atoms with Gasteiger partial charge in [0, 0.05) is 0 Å². The van der Waals surface area contributed by atoms with Crippen LogP contribution in [0.2, 0.25) is 0 Å². The summed E-state index contributed by atoms with van der Waals surface area (Å²) in [5.74, 6) is 3.23. The average molecular weight is 180 g/mol. The van der Waals surface area contributed by atoms with Crippen molar-refractivity contribution in [3.63, 3.8) is 0 Å². The van der Waals surface area contributed by atoms with Crippen LogP contribution in [0, 0.1) is 17.8 Å². The van der Waals surface area contributed by atoms with Crippen LogP contribution >= 0.6 is 0 Å². The van der Waals surface area contributed by atoms with Gasteiger partial charge in [-0.25, -0.2) is 0 Å². The lowest BCUT2D eigenvalue weighted by molar-refractivity contribution is 0.201. The second kappa shape index (κ2) is 4.48. The quantitative estimate of drug-likeness (QED) is 0.518. The fourth-order valence-electron chi connectivity index (χ4n) is 3.53. The number of fused-ring (bicyclic) bond motifs is 2. The van der Waals surface area contributed by atoms with E-state index in [1.165, 1.54) is 57.8 Å². The molecule has 0 nitrogen and oxygen atoms in total. The van der Waals surface area contributed by atoms with Crippen LogP contribution in [0.4, 0.5) is 0 Å². The summed E-state index contributed by atoms with van der Waals surface area (Å²) in [7, 11) is 0. The van der Waals surface area contributed by atoms with Crippen LogP contribution in [-0.4, -0.2) is 0 Å². The Bertz CT molecular complexity index is 134. The molecule has 76 valence electrons. The molecule has 0 heteroatoms. The first-order valence-corrected chi connectivity index (χ1v) is 6.38. The molecule has 0 spiro atoms. The molecule has 0 aliphatic heterocycles. The third-order valence-corrected chi connectivity index (χ3v) is 4.54. The van der Waals surface area contributed by atoms with E-state index in [2.05, 4.69) is 6.92 Å². The summed E-state index contributed by atoms with van der Waals surface area (Å²) in [5.41, 5.74) is 0. The monoisotopic (exact) mass is 180 g/mol. The van der Waals surface area contributed by atoms with Gasteiger partial charge >= 0.3 is 0 Å². The SMILES string of the molecule is CC1C2CCCCCC1CCCC2. The van der Waals surface area contributed by atoms with Crippen molar-refractivity contribution >= 4 is 0 Å². The fraction of sp³-hybridized carbons (Fsp3) is 1.00. The number of hydrogen-bond donors (Lipinski definition) is 0. The molecule has 0 aromatic carbocycles. The molecule has 0 aromatic rings. The summed E-state index contributed by atoms with van der Waals surface area (Å²) in [6.45, 7) is 2.53. The molecule has 2 aliphatic carbocycles. The zero-order valence-electron chi connectivity index (χ0n) is 9.10. The highest BCUT2D eigenvalue weighted by molar-refractivity contribution is 4.79. The molecule has 0 amide bonds. The average Bonchev–Trinajstić information content (AvgIpc) is 2.32. The lowest BCUT2D eigenvalue weighted by atomic mass is 9.75. The Kier molecular flexibility index (Phi) is 3.29. The van der Waals surface area contributed by atoms with Gasteiger partial charge in [0.05, 0.1) is 0 Å². The number of rotatable bonds is 0. The van der Waals surface area contributed by atoms with Crippen LogP contribution in [-0.2, 0) is 0 Å². The molecule has 13 heavy (non-hydrogen) atoms. The maximum Gasteiger partial charge on any atom is -0.0386 e. The Hall–Kier alpha value is 0. The van der Waals surface area contributed by atoms with Crippen LogP contribution < -0.4 is 0 Å². The molecule has 0 radical (unpaired) electrons. The summed E-state index contributed by atoms with van der Waals surface area (Å²) in [6, 6.07) is 0. The van der Waals surface area contributed by atoms with Crippen molar-refractivity contribution in [2.75, 3.05) is 0 Å².